The summed E-state index contributed by atoms with van der Waals surface area (Å²) >= 11 is 4.72. The number of methoxy groups -OCH3 is 1. The first kappa shape index (κ1) is 16.2. The minimum Gasteiger partial charge on any atom is -0.492 e. The molecule has 1 aromatic heterocycles. The predicted octanol–water partition coefficient (Wildman–Crippen LogP) is 2.72. The highest BCUT2D eigenvalue weighted by atomic mass is 79.9. The van der Waals surface area contributed by atoms with Crippen molar-refractivity contribution in [1.29, 1.82) is 0 Å². The molecule has 5 nitrogen and oxygen atoms in total. The van der Waals surface area contributed by atoms with Crippen LogP contribution < -0.4 is 15.2 Å². The monoisotopic (exact) mass is 394 g/mol. The van der Waals surface area contributed by atoms with Crippen molar-refractivity contribution in [2.75, 3.05) is 12.8 Å². The molecule has 2 aromatic rings. The van der Waals surface area contributed by atoms with Crippen LogP contribution in [-0.4, -0.2) is 15.5 Å². The van der Waals surface area contributed by atoms with Crippen LogP contribution in [0.5, 0.6) is 5.75 Å². The number of sulfonamides is 1. The lowest BCUT2D eigenvalue weighted by Gasteiger charge is -2.10. The van der Waals surface area contributed by atoms with Crippen LogP contribution in [0.15, 0.2) is 32.9 Å². The molecule has 21 heavy (non-hydrogen) atoms. The third kappa shape index (κ3) is 3.54. The number of anilines is 1. The number of halogens is 2. The SMILES string of the molecule is COc1c(N)cc(S(=O)(=O)NCc2sccc2Br)cc1F. The summed E-state index contributed by atoms with van der Waals surface area (Å²) in [5.41, 5.74) is 5.51. The van der Waals surface area contributed by atoms with E-state index in [9.17, 15) is 12.8 Å². The molecule has 0 aliphatic carbocycles. The quantitative estimate of drug-likeness (QED) is 0.763. The number of hydrogen-bond donors (Lipinski definition) is 2. The lowest BCUT2D eigenvalue weighted by molar-refractivity contribution is 0.388. The van der Waals surface area contributed by atoms with E-state index in [1.807, 2.05) is 11.4 Å². The first-order valence-corrected chi connectivity index (χ1v) is 8.85. The van der Waals surface area contributed by atoms with E-state index in [0.29, 0.717) is 0 Å². The summed E-state index contributed by atoms with van der Waals surface area (Å²) in [4.78, 5) is 0.575. The van der Waals surface area contributed by atoms with Crippen LogP contribution in [0.2, 0.25) is 0 Å². The molecule has 0 atom stereocenters. The van der Waals surface area contributed by atoms with Crippen LogP contribution in [-0.2, 0) is 16.6 Å². The maximum atomic E-state index is 13.7. The standard InChI is InChI=1S/C12H12BrFN2O3S2/c1-19-12-9(14)4-7(5-10(12)15)21(17,18)16-6-11-8(13)2-3-20-11/h2-5,16H,6,15H2,1H3. The third-order valence-corrected chi connectivity index (χ3v) is 5.98. The van der Waals surface area contributed by atoms with Gasteiger partial charge >= 0.3 is 0 Å². The highest BCUT2D eigenvalue weighted by Crippen LogP contribution is 2.29. The Labute approximate surface area is 134 Å². The van der Waals surface area contributed by atoms with Crippen molar-refractivity contribution in [3.8, 4) is 5.75 Å². The Hall–Kier alpha value is -1.16. The van der Waals surface area contributed by atoms with Crippen molar-refractivity contribution >= 4 is 43.0 Å². The maximum Gasteiger partial charge on any atom is 0.241 e. The fourth-order valence-electron chi connectivity index (χ4n) is 1.65. The van der Waals surface area contributed by atoms with Gasteiger partial charge in [-0.05, 0) is 39.5 Å². The fourth-order valence-corrected chi connectivity index (χ4v) is 4.22. The summed E-state index contributed by atoms with van der Waals surface area (Å²) in [5.74, 6) is -0.995. The van der Waals surface area contributed by atoms with Crippen LogP contribution in [0.3, 0.4) is 0 Å². The van der Waals surface area contributed by atoms with Crippen LogP contribution in [0.25, 0.3) is 0 Å². The second-order valence-corrected chi connectivity index (χ2v) is 7.67. The molecule has 0 saturated heterocycles. The molecule has 1 aromatic carbocycles. The van der Waals surface area contributed by atoms with E-state index in [2.05, 4.69) is 20.7 Å². The number of nitrogen functional groups attached to an aromatic ring is 1. The molecular formula is C12H12BrFN2O3S2. The Kier molecular flexibility index (Phi) is 4.87. The second-order valence-electron chi connectivity index (χ2n) is 4.04. The van der Waals surface area contributed by atoms with Gasteiger partial charge in [0.1, 0.15) is 0 Å². The molecule has 9 heteroatoms. The van der Waals surface area contributed by atoms with E-state index in [0.717, 1.165) is 21.5 Å². The Morgan fingerprint density at radius 1 is 1.48 bits per heavy atom. The zero-order chi connectivity index (χ0) is 15.6. The highest BCUT2D eigenvalue weighted by molar-refractivity contribution is 9.10. The number of benzene rings is 1. The zero-order valence-electron chi connectivity index (χ0n) is 10.9. The summed E-state index contributed by atoms with van der Waals surface area (Å²) in [7, 11) is -2.60. The van der Waals surface area contributed by atoms with Crippen LogP contribution in [0.4, 0.5) is 10.1 Å². The summed E-state index contributed by atoms with van der Waals surface area (Å²) in [6.07, 6.45) is 0. The molecule has 0 amide bonds. The number of ether oxygens (including phenoxy) is 1. The molecule has 0 unspecified atom stereocenters. The molecule has 2 rings (SSSR count). The van der Waals surface area contributed by atoms with Crippen LogP contribution >= 0.6 is 27.3 Å². The molecule has 0 spiro atoms. The minimum absolute atomic E-state index is 0.0739. The average molecular weight is 395 g/mol. The van der Waals surface area contributed by atoms with Gasteiger partial charge < -0.3 is 10.5 Å². The predicted molar refractivity (Wildman–Crippen MR) is 83.4 cm³/mol. The number of nitrogens with two attached hydrogens (primary N) is 1. The maximum absolute atomic E-state index is 13.7. The van der Waals surface area contributed by atoms with Crippen LogP contribution in [0, 0.1) is 5.82 Å². The van der Waals surface area contributed by atoms with E-state index in [4.69, 9.17) is 10.5 Å². The molecule has 0 bridgehead atoms. The zero-order valence-corrected chi connectivity index (χ0v) is 14.1. The Bertz CT molecular complexity index is 739. The summed E-state index contributed by atoms with van der Waals surface area (Å²) < 4.78 is 46.0. The summed E-state index contributed by atoms with van der Waals surface area (Å²) in [5, 5.41) is 1.83. The second kappa shape index (κ2) is 6.30. The van der Waals surface area contributed by atoms with Crippen molar-refractivity contribution in [2.45, 2.75) is 11.4 Å². The molecule has 0 fully saturated rings. The van der Waals surface area contributed by atoms with Crippen molar-refractivity contribution in [3.63, 3.8) is 0 Å². The van der Waals surface area contributed by atoms with Gasteiger partial charge in [0.2, 0.25) is 10.0 Å². The number of nitrogens with one attached hydrogen (secondary N) is 1. The van der Waals surface area contributed by atoms with Gasteiger partial charge in [0.05, 0.1) is 17.7 Å². The Morgan fingerprint density at radius 2 is 2.19 bits per heavy atom. The van der Waals surface area contributed by atoms with Gasteiger partial charge in [-0.15, -0.1) is 11.3 Å². The van der Waals surface area contributed by atoms with Crippen LogP contribution in [0.1, 0.15) is 4.88 Å². The first-order chi connectivity index (χ1) is 9.85. The smallest absolute Gasteiger partial charge is 0.241 e. The fraction of sp³-hybridized carbons (Fsp3) is 0.167. The van der Waals surface area contributed by atoms with Gasteiger partial charge in [0, 0.05) is 15.9 Å². The van der Waals surface area contributed by atoms with E-state index >= 15 is 0 Å². The van der Waals surface area contributed by atoms with E-state index in [1.165, 1.54) is 18.4 Å². The molecule has 0 radical (unpaired) electrons. The largest absolute Gasteiger partial charge is 0.492 e. The molecule has 114 valence electrons. The Morgan fingerprint density at radius 3 is 2.71 bits per heavy atom. The van der Waals surface area contributed by atoms with E-state index < -0.39 is 15.8 Å². The molecule has 3 N–H and O–H groups in total. The van der Waals surface area contributed by atoms with Gasteiger partial charge in [0.25, 0.3) is 0 Å². The van der Waals surface area contributed by atoms with Gasteiger partial charge in [-0.3, -0.25) is 0 Å². The average Bonchev–Trinajstić information content (AvgIpc) is 2.81. The molecule has 0 saturated carbocycles. The number of rotatable bonds is 5. The van der Waals surface area contributed by atoms with Crippen molar-refractivity contribution in [1.82, 2.24) is 4.72 Å². The lowest BCUT2D eigenvalue weighted by Crippen LogP contribution is -2.23. The minimum atomic E-state index is -3.86. The Balaban J connectivity index is 2.26. The number of thiophene rings is 1. The normalized spacial score (nSPS) is 11.6. The van der Waals surface area contributed by atoms with E-state index in [-0.39, 0.29) is 22.9 Å². The first-order valence-electron chi connectivity index (χ1n) is 5.69. The van der Waals surface area contributed by atoms with E-state index in [1.54, 1.807) is 0 Å². The number of hydrogen-bond acceptors (Lipinski definition) is 5. The van der Waals surface area contributed by atoms with Crippen molar-refractivity contribution in [3.05, 3.63) is 38.7 Å². The molecule has 0 aliphatic heterocycles. The highest BCUT2D eigenvalue weighted by Gasteiger charge is 2.19. The lowest BCUT2D eigenvalue weighted by atomic mass is 10.3. The van der Waals surface area contributed by atoms with Gasteiger partial charge in [-0.1, -0.05) is 0 Å². The molecule has 0 aliphatic rings. The van der Waals surface area contributed by atoms with Gasteiger partial charge in [-0.25, -0.2) is 17.5 Å². The third-order valence-electron chi connectivity index (χ3n) is 2.67. The molecule has 1 heterocycles. The van der Waals surface area contributed by atoms with Gasteiger partial charge in [0.15, 0.2) is 11.6 Å². The topological polar surface area (TPSA) is 81.4 Å². The summed E-state index contributed by atoms with van der Waals surface area (Å²) in [6.45, 7) is 0.105. The van der Waals surface area contributed by atoms with Crippen molar-refractivity contribution in [2.24, 2.45) is 0 Å². The molecular weight excluding hydrogens is 383 g/mol. The van der Waals surface area contributed by atoms with Gasteiger partial charge in [-0.2, -0.15) is 0 Å². The summed E-state index contributed by atoms with van der Waals surface area (Å²) in [6, 6.07) is 3.86. The van der Waals surface area contributed by atoms with Crippen molar-refractivity contribution < 1.29 is 17.5 Å².